The number of urea groups is 1. The summed E-state index contributed by atoms with van der Waals surface area (Å²) >= 11 is 0. The van der Waals surface area contributed by atoms with Crippen LogP contribution in [0.15, 0.2) is 41.2 Å². The number of rotatable bonds is 4. The van der Waals surface area contributed by atoms with Gasteiger partial charge in [0.25, 0.3) is 5.56 Å². The minimum Gasteiger partial charge on any atom is -0.497 e. The minimum absolute atomic E-state index is 0.182. The molecule has 2 aromatic rings. The van der Waals surface area contributed by atoms with Crippen molar-refractivity contribution in [2.24, 2.45) is 0 Å². The number of nitrogens with zero attached hydrogens (tertiary/aromatic N) is 1. The zero-order valence-electron chi connectivity index (χ0n) is 11.7. The van der Waals surface area contributed by atoms with Crippen molar-refractivity contribution in [3.05, 3.63) is 52.3 Å². The highest BCUT2D eigenvalue weighted by atomic mass is 16.5. The van der Waals surface area contributed by atoms with Crippen molar-refractivity contribution in [3.63, 3.8) is 0 Å². The van der Waals surface area contributed by atoms with Gasteiger partial charge in [-0.2, -0.15) is 5.10 Å². The van der Waals surface area contributed by atoms with Crippen LogP contribution in [-0.4, -0.2) is 23.3 Å². The molecule has 0 spiro atoms. The van der Waals surface area contributed by atoms with Crippen molar-refractivity contribution >= 4 is 11.8 Å². The monoisotopic (exact) mass is 288 g/mol. The van der Waals surface area contributed by atoms with Gasteiger partial charge in [-0.05, 0) is 30.7 Å². The summed E-state index contributed by atoms with van der Waals surface area (Å²) in [6.07, 6.45) is 0. The topological polar surface area (TPSA) is 96.1 Å². The summed E-state index contributed by atoms with van der Waals surface area (Å²) in [6, 6.07) is 9.54. The number of hydrogen-bond donors (Lipinski definition) is 3. The Labute approximate surface area is 121 Å². The van der Waals surface area contributed by atoms with Gasteiger partial charge in [0.05, 0.1) is 13.2 Å². The molecule has 1 aromatic carbocycles. The third kappa shape index (κ3) is 4.07. The van der Waals surface area contributed by atoms with Crippen LogP contribution in [0.5, 0.6) is 5.75 Å². The molecule has 7 heteroatoms. The second-order valence-corrected chi connectivity index (χ2v) is 4.40. The maximum Gasteiger partial charge on any atom is 0.320 e. The Bertz CT molecular complexity index is 646. The highest BCUT2D eigenvalue weighted by Gasteiger charge is 2.10. The molecule has 3 N–H and O–H groups in total. The zero-order chi connectivity index (χ0) is 15.2. The summed E-state index contributed by atoms with van der Waals surface area (Å²) in [5.74, 6) is 1.03. The van der Waals surface area contributed by atoms with Crippen molar-refractivity contribution in [2.45, 2.75) is 13.0 Å². The van der Waals surface area contributed by atoms with Gasteiger partial charge < -0.3 is 10.1 Å². The molecule has 0 aliphatic carbocycles. The van der Waals surface area contributed by atoms with E-state index >= 15 is 0 Å². The maximum absolute atomic E-state index is 11.8. The minimum atomic E-state index is -0.405. The second kappa shape index (κ2) is 6.56. The summed E-state index contributed by atoms with van der Waals surface area (Å²) in [6.45, 7) is 1.86. The molecule has 2 amide bonds. The van der Waals surface area contributed by atoms with Crippen LogP contribution in [0.2, 0.25) is 0 Å². The Morgan fingerprint density at radius 2 is 1.95 bits per heavy atom. The zero-order valence-corrected chi connectivity index (χ0v) is 11.7. The number of anilines is 1. The van der Waals surface area contributed by atoms with Gasteiger partial charge in [0.2, 0.25) is 0 Å². The van der Waals surface area contributed by atoms with Gasteiger partial charge in [0.15, 0.2) is 5.82 Å². The molecule has 0 bridgehead atoms. The number of aromatic amines is 1. The molecule has 1 heterocycles. The average Bonchev–Trinajstić information content (AvgIpc) is 2.49. The van der Waals surface area contributed by atoms with E-state index in [2.05, 4.69) is 20.8 Å². The number of methoxy groups -OCH3 is 1. The van der Waals surface area contributed by atoms with Crippen molar-refractivity contribution in [3.8, 4) is 5.75 Å². The number of hydrogen-bond acceptors (Lipinski definition) is 4. The van der Waals surface area contributed by atoms with E-state index in [4.69, 9.17) is 4.74 Å². The van der Waals surface area contributed by atoms with Gasteiger partial charge in [-0.15, -0.1) is 0 Å². The first kappa shape index (κ1) is 14.6. The summed E-state index contributed by atoms with van der Waals surface area (Å²) in [4.78, 5) is 22.7. The van der Waals surface area contributed by atoms with E-state index in [1.54, 1.807) is 7.11 Å². The molecule has 0 saturated heterocycles. The Kier molecular flexibility index (Phi) is 4.55. The molecular formula is C14H16N4O3. The van der Waals surface area contributed by atoms with Crippen LogP contribution >= 0.6 is 0 Å². The molecule has 0 saturated carbocycles. The molecular weight excluding hydrogens is 272 g/mol. The molecule has 1 atom stereocenters. The molecule has 1 aromatic heterocycles. The lowest BCUT2D eigenvalue weighted by atomic mass is 10.1. The van der Waals surface area contributed by atoms with E-state index in [1.165, 1.54) is 12.1 Å². The number of benzene rings is 1. The van der Waals surface area contributed by atoms with Gasteiger partial charge in [-0.25, -0.2) is 9.89 Å². The first-order valence-corrected chi connectivity index (χ1v) is 6.35. The Morgan fingerprint density at radius 3 is 2.52 bits per heavy atom. The highest BCUT2D eigenvalue weighted by molar-refractivity contribution is 5.88. The lowest BCUT2D eigenvalue weighted by Gasteiger charge is -2.15. The van der Waals surface area contributed by atoms with E-state index in [0.29, 0.717) is 0 Å². The van der Waals surface area contributed by atoms with E-state index in [1.807, 2.05) is 31.2 Å². The third-order valence-corrected chi connectivity index (χ3v) is 2.88. The van der Waals surface area contributed by atoms with Crippen molar-refractivity contribution < 1.29 is 9.53 Å². The normalized spacial score (nSPS) is 11.5. The lowest BCUT2D eigenvalue weighted by Crippen LogP contribution is -2.31. The van der Waals surface area contributed by atoms with Gasteiger partial charge in [0.1, 0.15) is 5.75 Å². The SMILES string of the molecule is COc1ccc(C(C)NC(=O)Nc2ccc(=O)[nH]n2)cc1. The predicted octanol–water partition coefficient (Wildman–Crippen LogP) is 1.66. The van der Waals surface area contributed by atoms with Crippen LogP contribution in [0.25, 0.3) is 0 Å². The Hall–Kier alpha value is -2.83. The largest absolute Gasteiger partial charge is 0.497 e. The van der Waals surface area contributed by atoms with Crippen molar-refractivity contribution in [2.75, 3.05) is 12.4 Å². The number of carbonyl (C=O) groups is 1. The molecule has 110 valence electrons. The van der Waals surface area contributed by atoms with Crippen LogP contribution in [0, 0.1) is 0 Å². The predicted molar refractivity (Wildman–Crippen MR) is 78.4 cm³/mol. The molecule has 7 nitrogen and oxygen atoms in total. The number of carbonyl (C=O) groups excluding carboxylic acids is 1. The maximum atomic E-state index is 11.8. The van der Waals surface area contributed by atoms with E-state index < -0.39 is 6.03 Å². The quantitative estimate of drug-likeness (QED) is 0.797. The lowest BCUT2D eigenvalue weighted by molar-refractivity contribution is 0.249. The highest BCUT2D eigenvalue weighted by Crippen LogP contribution is 2.17. The number of ether oxygens (including phenoxy) is 1. The van der Waals surface area contributed by atoms with Crippen LogP contribution in [0.4, 0.5) is 10.6 Å². The molecule has 0 aliphatic rings. The fraction of sp³-hybridized carbons (Fsp3) is 0.214. The fourth-order valence-electron chi connectivity index (χ4n) is 1.74. The first-order chi connectivity index (χ1) is 10.1. The molecule has 1 unspecified atom stereocenters. The molecule has 0 aliphatic heterocycles. The van der Waals surface area contributed by atoms with Crippen LogP contribution in [0.3, 0.4) is 0 Å². The van der Waals surface area contributed by atoms with Crippen molar-refractivity contribution in [1.82, 2.24) is 15.5 Å². The van der Waals surface area contributed by atoms with Gasteiger partial charge >= 0.3 is 6.03 Å². The van der Waals surface area contributed by atoms with E-state index in [0.717, 1.165) is 11.3 Å². The number of amides is 2. The molecule has 0 radical (unpaired) electrons. The summed E-state index contributed by atoms with van der Waals surface area (Å²) in [7, 11) is 1.60. The Morgan fingerprint density at radius 1 is 1.24 bits per heavy atom. The van der Waals surface area contributed by atoms with Crippen LogP contribution in [0.1, 0.15) is 18.5 Å². The third-order valence-electron chi connectivity index (χ3n) is 2.88. The summed E-state index contributed by atoms with van der Waals surface area (Å²) in [5, 5.41) is 11.2. The van der Waals surface area contributed by atoms with Gasteiger partial charge in [-0.1, -0.05) is 12.1 Å². The molecule has 0 fully saturated rings. The molecule has 21 heavy (non-hydrogen) atoms. The standard InChI is InChI=1S/C14H16N4O3/c1-9(10-3-5-11(21-2)6-4-10)15-14(20)16-12-7-8-13(19)18-17-12/h3-9H,1-2H3,(H,18,19)(H2,15,16,17,20). The van der Waals surface area contributed by atoms with Gasteiger partial charge in [0, 0.05) is 6.07 Å². The number of H-pyrrole nitrogens is 1. The van der Waals surface area contributed by atoms with Crippen LogP contribution in [-0.2, 0) is 0 Å². The Balaban J connectivity index is 1.94. The van der Waals surface area contributed by atoms with Crippen molar-refractivity contribution in [1.29, 1.82) is 0 Å². The average molecular weight is 288 g/mol. The first-order valence-electron chi connectivity index (χ1n) is 6.35. The number of nitrogens with one attached hydrogen (secondary N) is 3. The van der Waals surface area contributed by atoms with Crippen LogP contribution < -0.4 is 20.9 Å². The van der Waals surface area contributed by atoms with E-state index in [-0.39, 0.29) is 17.4 Å². The summed E-state index contributed by atoms with van der Waals surface area (Å²) in [5.41, 5.74) is 0.618. The summed E-state index contributed by atoms with van der Waals surface area (Å²) < 4.78 is 5.08. The molecule has 2 rings (SSSR count). The fourth-order valence-corrected chi connectivity index (χ4v) is 1.74. The smallest absolute Gasteiger partial charge is 0.320 e. The van der Waals surface area contributed by atoms with E-state index in [9.17, 15) is 9.59 Å². The second-order valence-electron chi connectivity index (χ2n) is 4.40. The number of aromatic nitrogens is 2. The van der Waals surface area contributed by atoms with Gasteiger partial charge in [-0.3, -0.25) is 10.1 Å².